The molecule has 1 aromatic heterocycles. The van der Waals surface area contributed by atoms with E-state index in [0.717, 1.165) is 0 Å². The van der Waals surface area contributed by atoms with Gasteiger partial charge in [-0.2, -0.15) is 4.98 Å². The number of rotatable bonds is 7. The Morgan fingerprint density at radius 1 is 1.12 bits per heavy atom. The van der Waals surface area contributed by atoms with Crippen molar-refractivity contribution in [3.63, 3.8) is 0 Å². The van der Waals surface area contributed by atoms with E-state index in [2.05, 4.69) is 9.97 Å². The predicted octanol–water partition coefficient (Wildman–Crippen LogP) is 0.480. The number of carbonyl (C=O) groups excluding carboxylic acids is 2. The monoisotopic (exact) mass is 478 g/mol. The van der Waals surface area contributed by atoms with Gasteiger partial charge in [0.05, 0.1) is 23.8 Å². The standard InChI is InChI=1S/C23H18ClFN2O5.Na/c1-12(28)13-4-6-19(31-2)15(9-13)18-11-20(32-23(7-8-23)22(29)30)27-21(26-18)14-3-5-16(24)17(25)10-14;/h3-6,9-11H,7-8H2,1-2H3,(H,29,30);/q;+1/p-1. The van der Waals surface area contributed by atoms with Gasteiger partial charge in [0.25, 0.3) is 0 Å². The molecule has 3 aromatic rings. The maximum absolute atomic E-state index is 14.1. The molecule has 1 aliphatic rings. The van der Waals surface area contributed by atoms with Gasteiger partial charge in [0.1, 0.15) is 11.6 Å². The second-order valence-corrected chi connectivity index (χ2v) is 7.81. The molecule has 0 saturated heterocycles. The topological polar surface area (TPSA) is 101 Å². The predicted molar refractivity (Wildman–Crippen MR) is 112 cm³/mol. The van der Waals surface area contributed by atoms with Crippen LogP contribution in [0.3, 0.4) is 0 Å². The number of carboxylic acids is 1. The average Bonchev–Trinajstić information content (AvgIpc) is 3.55. The van der Waals surface area contributed by atoms with Crippen LogP contribution in [0.2, 0.25) is 5.02 Å². The number of carbonyl (C=O) groups is 2. The van der Waals surface area contributed by atoms with Crippen LogP contribution in [0.25, 0.3) is 22.6 Å². The molecule has 0 amide bonds. The number of ether oxygens (including phenoxy) is 2. The van der Waals surface area contributed by atoms with Crippen LogP contribution in [0.15, 0.2) is 42.5 Å². The van der Waals surface area contributed by atoms with E-state index >= 15 is 0 Å². The molecule has 0 aliphatic heterocycles. The largest absolute Gasteiger partial charge is 1.00 e. The SMILES string of the molecule is COc1ccc(C(C)=O)cc1-c1cc(OC2(C(=O)[O-])CC2)nc(-c2ccc(Cl)c(F)c2)n1.[Na+]. The van der Waals surface area contributed by atoms with E-state index in [0.29, 0.717) is 28.1 Å². The van der Waals surface area contributed by atoms with Crippen LogP contribution in [0.5, 0.6) is 11.6 Å². The molecule has 1 aliphatic carbocycles. The fraction of sp³-hybridized carbons (Fsp3) is 0.217. The van der Waals surface area contributed by atoms with Crippen LogP contribution in [0.1, 0.15) is 30.1 Å². The molecular weight excluding hydrogens is 462 g/mol. The minimum Gasteiger partial charge on any atom is -0.546 e. The fourth-order valence-corrected chi connectivity index (χ4v) is 3.29. The first kappa shape index (κ1) is 25.1. The minimum atomic E-state index is -1.46. The summed E-state index contributed by atoms with van der Waals surface area (Å²) in [5, 5.41) is 11.4. The van der Waals surface area contributed by atoms with Crippen LogP contribution >= 0.6 is 11.6 Å². The van der Waals surface area contributed by atoms with E-state index in [1.807, 2.05) is 0 Å². The third-order valence-corrected chi connectivity index (χ3v) is 5.44. The summed E-state index contributed by atoms with van der Waals surface area (Å²) in [7, 11) is 1.47. The van der Waals surface area contributed by atoms with Crippen molar-refractivity contribution in [2.45, 2.75) is 25.4 Å². The van der Waals surface area contributed by atoms with Crippen LogP contribution in [-0.2, 0) is 4.79 Å². The van der Waals surface area contributed by atoms with Gasteiger partial charge in [-0.3, -0.25) is 4.79 Å². The molecule has 1 heterocycles. The number of halogens is 2. The van der Waals surface area contributed by atoms with Gasteiger partial charge in [0.15, 0.2) is 17.2 Å². The van der Waals surface area contributed by atoms with Crippen molar-refractivity contribution in [3.05, 3.63) is 58.9 Å². The Balaban J connectivity index is 0.00000306. The quantitative estimate of drug-likeness (QED) is 0.359. The molecule has 0 spiro atoms. The number of methoxy groups -OCH3 is 1. The van der Waals surface area contributed by atoms with Crippen LogP contribution in [0.4, 0.5) is 4.39 Å². The Kier molecular flexibility index (Phi) is 7.43. The van der Waals surface area contributed by atoms with E-state index in [1.165, 1.54) is 38.3 Å². The van der Waals surface area contributed by atoms with Gasteiger partial charge in [0.2, 0.25) is 5.88 Å². The summed E-state index contributed by atoms with van der Waals surface area (Å²) in [6.45, 7) is 1.43. The number of benzene rings is 2. The van der Waals surface area contributed by atoms with Crippen molar-refractivity contribution < 1.29 is 58.1 Å². The molecule has 164 valence electrons. The molecule has 0 N–H and O–H groups in total. The van der Waals surface area contributed by atoms with Crippen LogP contribution in [-0.4, -0.2) is 34.4 Å². The van der Waals surface area contributed by atoms with Crippen molar-refractivity contribution in [1.82, 2.24) is 9.97 Å². The zero-order valence-electron chi connectivity index (χ0n) is 18.1. The summed E-state index contributed by atoms with van der Waals surface area (Å²) in [6.07, 6.45) is 0.561. The van der Waals surface area contributed by atoms with E-state index in [1.54, 1.807) is 18.2 Å². The van der Waals surface area contributed by atoms with Crippen LogP contribution in [0, 0.1) is 5.82 Å². The van der Waals surface area contributed by atoms with E-state index in [9.17, 15) is 19.1 Å². The number of hydrogen-bond donors (Lipinski definition) is 0. The molecule has 7 nitrogen and oxygen atoms in total. The maximum Gasteiger partial charge on any atom is 1.00 e. The molecule has 0 bridgehead atoms. The van der Waals surface area contributed by atoms with E-state index < -0.39 is 17.4 Å². The molecule has 1 fully saturated rings. The number of ketones is 1. The maximum atomic E-state index is 14.1. The number of aliphatic carboxylic acids is 1. The number of aromatic nitrogens is 2. The Morgan fingerprint density at radius 2 is 1.85 bits per heavy atom. The summed E-state index contributed by atoms with van der Waals surface area (Å²) in [5.74, 6) is -1.69. The first-order valence-electron chi connectivity index (χ1n) is 9.67. The molecule has 4 rings (SSSR count). The Labute approximate surface area is 216 Å². The molecule has 1 saturated carbocycles. The second kappa shape index (κ2) is 9.77. The second-order valence-electron chi connectivity index (χ2n) is 7.40. The molecule has 2 aromatic carbocycles. The normalized spacial score (nSPS) is 13.6. The minimum absolute atomic E-state index is 0. The van der Waals surface area contributed by atoms with Gasteiger partial charge in [0, 0.05) is 22.8 Å². The van der Waals surface area contributed by atoms with Crippen molar-refractivity contribution in [1.29, 1.82) is 0 Å². The van der Waals surface area contributed by atoms with Gasteiger partial charge in [-0.25, -0.2) is 9.37 Å². The van der Waals surface area contributed by atoms with Crippen molar-refractivity contribution >= 4 is 23.4 Å². The Hall–Kier alpha value is -2.52. The van der Waals surface area contributed by atoms with Gasteiger partial charge < -0.3 is 19.4 Å². The van der Waals surface area contributed by atoms with E-state index in [4.69, 9.17) is 21.1 Å². The molecule has 0 unspecified atom stereocenters. The number of hydrogen-bond acceptors (Lipinski definition) is 7. The van der Waals surface area contributed by atoms with E-state index in [-0.39, 0.29) is 64.9 Å². The molecule has 10 heteroatoms. The van der Waals surface area contributed by atoms with Gasteiger partial charge >= 0.3 is 29.6 Å². The smallest absolute Gasteiger partial charge is 0.546 e. The average molecular weight is 479 g/mol. The first-order chi connectivity index (χ1) is 15.2. The van der Waals surface area contributed by atoms with Crippen LogP contribution < -0.4 is 44.1 Å². The molecule has 0 atom stereocenters. The number of Topliss-reactive ketones (excluding diaryl/α,β-unsaturated/α-hetero) is 1. The number of nitrogens with zero attached hydrogens (tertiary/aromatic N) is 2. The third kappa shape index (κ3) is 5.19. The fourth-order valence-electron chi connectivity index (χ4n) is 3.17. The van der Waals surface area contributed by atoms with Crippen molar-refractivity contribution in [2.75, 3.05) is 7.11 Å². The summed E-state index contributed by atoms with van der Waals surface area (Å²) >= 11 is 5.78. The Morgan fingerprint density at radius 3 is 2.42 bits per heavy atom. The van der Waals surface area contributed by atoms with Gasteiger partial charge in [-0.05, 0) is 56.2 Å². The summed E-state index contributed by atoms with van der Waals surface area (Å²) in [4.78, 5) is 32.2. The Bertz CT molecular complexity index is 1250. The zero-order chi connectivity index (χ0) is 23.0. The summed E-state index contributed by atoms with van der Waals surface area (Å²) < 4.78 is 25.1. The molecule has 0 radical (unpaired) electrons. The summed E-state index contributed by atoms with van der Waals surface area (Å²) in [5.41, 5.74) is 0.0308. The van der Waals surface area contributed by atoms with Gasteiger partial charge in [-0.1, -0.05) is 11.6 Å². The third-order valence-electron chi connectivity index (χ3n) is 5.14. The zero-order valence-corrected chi connectivity index (χ0v) is 20.9. The number of carboxylic acid groups (broad SMARTS) is 1. The summed E-state index contributed by atoms with van der Waals surface area (Å²) in [6, 6.07) is 10.4. The van der Waals surface area contributed by atoms with Crippen molar-refractivity contribution in [3.8, 4) is 34.3 Å². The van der Waals surface area contributed by atoms with Gasteiger partial charge in [-0.15, -0.1) is 0 Å². The molecular formula is C23H17ClFN2NaO5. The van der Waals surface area contributed by atoms with Crippen molar-refractivity contribution in [2.24, 2.45) is 0 Å². The molecule has 33 heavy (non-hydrogen) atoms. The first-order valence-corrected chi connectivity index (χ1v) is 10.0.